The third kappa shape index (κ3) is 5.83. The van der Waals surface area contributed by atoms with Gasteiger partial charge in [-0.2, -0.15) is 15.3 Å². The van der Waals surface area contributed by atoms with Gasteiger partial charge in [0.25, 0.3) is 0 Å². The molecule has 2 heterocycles. The summed E-state index contributed by atoms with van der Waals surface area (Å²) < 4.78 is 19.8. The number of nitriles is 1. The molecule has 0 saturated heterocycles. The summed E-state index contributed by atoms with van der Waals surface area (Å²) in [6.07, 6.45) is 1.50. The van der Waals surface area contributed by atoms with Gasteiger partial charge in [0.15, 0.2) is 0 Å². The van der Waals surface area contributed by atoms with Gasteiger partial charge in [-0.05, 0) is 61.4 Å². The van der Waals surface area contributed by atoms with Gasteiger partial charge in [0.2, 0.25) is 17.6 Å². The van der Waals surface area contributed by atoms with Gasteiger partial charge in [-0.25, -0.2) is 9.07 Å². The maximum absolute atomic E-state index is 13.2. The average Bonchev–Trinajstić information content (AvgIpc) is 3.46. The van der Waals surface area contributed by atoms with E-state index >= 15 is 0 Å². The van der Waals surface area contributed by atoms with E-state index in [1.807, 2.05) is 0 Å². The van der Waals surface area contributed by atoms with Crippen LogP contribution in [0.2, 0.25) is 5.02 Å². The molecule has 0 aliphatic rings. The Bertz CT molecular complexity index is 1360. The van der Waals surface area contributed by atoms with Crippen molar-refractivity contribution in [1.29, 1.82) is 5.26 Å². The summed E-state index contributed by atoms with van der Waals surface area (Å²) in [7, 11) is 0. The summed E-state index contributed by atoms with van der Waals surface area (Å²) in [6.45, 7) is 0.396. The average molecular weight is 494 g/mol. The Hall–Kier alpha value is -4.23. The molecule has 0 unspecified atom stereocenters. The lowest BCUT2D eigenvalue weighted by Crippen LogP contribution is -2.25. The van der Waals surface area contributed by atoms with Crippen molar-refractivity contribution in [3.8, 4) is 23.1 Å². The van der Waals surface area contributed by atoms with Crippen LogP contribution in [0.15, 0.2) is 53.1 Å². The van der Waals surface area contributed by atoms with E-state index in [9.17, 15) is 14.4 Å². The molecule has 2 aromatic carbocycles. The molecule has 2 aromatic heterocycles. The van der Waals surface area contributed by atoms with Crippen LogP contribution in [-0.2, 0) is 17.6 Å². The number of nitrogens with zero attached hydrogens (tertiary/aromatic N) is 5. The Balaban J connectivity index is 1.25. The number of amides is 1. The normalized spacial score (nSPS) is 10.8. The molecule has 0 radical (unpaired) electrons. The Labute approximate surface area is 205 Å². The van der Waals surface area contributed by atoms with Crippen LogP contribution in [0.3, 0.4) is 0 Å². The number of carbonyl (C=O) groups excluding carboxylic acids is 1. The number of aromatic nitrogens is 4. The molecule has 1 amide bonds. The summed E-state index contributed by atoms with van der Waals surface area (Å²) in [5, 5.41) is 21.3. The summed E-state index contributed by atoms with van der Waals surface area (Å²) in [6, 6.07) is 14.8. The second-order valence-corrected chi connectivity index (χ2v) is 8.12. The fraction of sp³-hybridized carbons (Fsp3) is 0.208. The molecule has 4 aromatic rings. The molecule has 35 heavy (non-hydrogen) atoms. The predicted molar refractivity (Wildman–Crippen MR) is 127 cm³/mol. The zero-order valence-corrected chi connectivity index (χ0v) is 19.3. The van der Waals surface area contributed by atoms with E-state index < -0.39 is 0 Å². The minimum absolute atomic E-state index is 0.159. The van der Waals surface area contributed by atoms with E-state index in [1.165, 1.54) is 28.9 Å². The highest BCUT2D eigenvalue weighted by Crippen LogP contribution is 2.22. The number of rotatable bonds is 9. The highest BCUT2D eigenvalue weighted by atomic mass is 35.5. The van der Waals surface area contributed by atoms with Crippen molar-refractivity contribution < 1.29 is 13.7 Å². The number of hydrogen-bond donors (Lipinski definition) is 2. The number of benzene rings is 2. The highest BCUT2D eigenvalue weighted by molar-refractivity contribution is 6.30. The van der Waals surface area contributed by atoms with E-state index in [-0.39, 0.29) is 29.5 Å². The van der Waals surface area contributed by atoms with Gasteiger partial charge in [-0.3, -0.25) is 4.79 Å². The lowest BCUT2D eigenvalue weighted by Gasteiger charge is -2.04. The van der Waals surface area contributed by atoms with E-state index in [4.69, 9.17) is 21.9 Å². The number of nitrogen functional groups attached to an aromatic ring is 1. The molecule has 178 valence electrons. The quantitative estimate of drug-likeness (QED) is 0.338. The van der Waals surface area contributed by atoms with E-state index in [1.54, 1.807) is 24.3 Å². The molecular weight excluding hydrogens is 473 g/mol. The lowest BCUT2D eigenvalue weighted by atomic mass is 10.1. The molecule has 0 bridgehead atoms. The fourth-order valence-electron chi connectivity index (χ4n) is 3.42. The van der Waals surface area contributed by atoms with Gasteiger partial charge in [0.05, 0.1) is 11.4 Å². The second-order valence-electron chi connectivity index (χ2n) is 7.68. The molecule has 0 saturated carbocycles. The third-order valence-corrected chi connectivity index (χ3v) is 5.48. The molecule has 0 spiro atoms. The molecule has 0 aliphatic carbocycles. The minimum atomic E-state index is -0.378. The van der Waals surface area contributed by atoms with E-state index in [0.717, 1.165) is 5.56 Å². The van der Waals surface area contributed by atoms with Crippen LogP contribution in [0.4, 0.5) is 10.2 Å². The number of carbonyl (C=O) groups is 1. The first-order valence-corrected chi connectivity index (χ1v) is 11.2. The van der Waals surface area contributed by atoms with Crippen molar-refractivity contribution >= 4 is 23.3 Å². The molecule has 0 fully saturated rings. The van der Waals surface area contributed by atoms with Gasteiger partial charge in [0, 0.05) is 30.0 Å². The Morgan fingerprint density at radius 2 is 1.91 bits per heavy atom. The van der Waals surface area contributed by atoms with Crippen molar-refractivity contribution in [3.63, 3.8) is 0 Å². The first-order chi connectivity index (χ1) is 16.9. The van der Waals surface area contributed by atoms with Crippen LogP contribution >= 0.6 is 11.6 Å². The third-order valence-electron chi connectivity index (χ3n) is 5.23. The SMILES string of the molecule is N#Cc1c(CCCNC(=O)CCc2nc(-c3ccc(Cl)cc3)no2)nn(-c2ccc(F)cc2)c1N. The molecule has 0 atom stereocenters. The molecule has 0 aliphatic heterocycles. The monoisotopic (exact) mass is 493 g/mol. The Kier molecular flexibility index (Phi) is 7.38. The summed E-state index contributed by atoms with van der Waals surface area (Å²) in [5.74, 6) is 0.455. The van der Waals surface area contributed by atoms with E-state index in [0.29, 0.717) is 53.9 Å². The summed E-state index contributed by atoms with van der Waals surface area (Å²) in [5.41, 5.74) is 8.18. The summed E-state index contributed by atoms with van der Waals surface area (Å²) >= 11 is 5.88. The highest BCUT2D eigenvalue weighted by Gasteiger charge is 2.17. The second kappa shape index (κ2) is 10.8. The number of hydrogen-bond acceptors (Lipinski definition) is 7. The molecular formula is C24H21ClFN7O2. The lowest BCUT2D eigenvalue weighted by molar-refractivity contribution is -0.121. The number of anilines is 1. The van der Waals surface area contributed by atoms with Crippen LogP contribution in [0.5, 0.6) is 0 Å². The summed E-state index contributed by atoms with van der Waals surface area (Å²) in [4.78, 5) is 16.5. The number of aryl methyl sites for hydroxylation is 2. The Morgan fingerprint density at radius 3 is 2.63 bits per heavy atom. The first-order valence-electron chi connectivity index (χ1n) is 10.8. The standard InChI is InChI=1S/C24H21ClFN7O2/c25-16-5-3-15(4-6-16)24-30-22(35-32-24)12-11-21(34)29-13-1-2-20-19(14-27)23(28)33(31-20)18-9-7-17(26)8-10-18/h3-10H,1-2,11-13,28H2,(H,29,34). The van der Waals surface area contributed by atoms with Crippen molar-refractivity contribution in [2.75, 3.05) is 12.3 Å². The maximum Gasteiger partial charge on any atom is 0.227 e. The zero-order valence-electron chi connectivity index (χ0n) is 18.5. The topological polar surface area (TPSA) is 136 Å². The molecule has 4 rings (SSSR count). The Morgan fingerprint density at radius 1 is 1.17 bits per heavy atom. The minimum Gasteiger partial charge on any atom is -0.382 e. The van der Waals surface area contributed by atoms with E-state index in [2.05, 4.69) is 26.6 Å². The van der Waals surface area contributed by atoms with Crippen molar-refractivity contribution in [1.82, 2.24) is 25.2 Å². The number of halogens is 2. The van der Waals surface area contributed by atoms with Gasteiger partial charge < -0.3 is 15.6 Å². The van der Waals surface area contributed by atoms with Crippen LogP contribution in [-0.4, -0.2) is 32.4 Å². The number of nitrogens with one attached hydrogen (secondary N) is 1. The van der Waals surface area contributed by atoms with Gasteiger partial charge in [-0.1, -0.05) is 16.8 Å². The van der Waals surface area contributed by atoms with Crippen molar-refractivity contribution in [3.05, 3.63) is 76.5 Å². The molecule has 3 N–H and O–H groups in total. The van der Waals surface area contributed by atoms with Gasteiger partial charge in [0.1, 0.15) is 23.3 Å². The maximum atomic E-state index is 13.2. The number of nitrogens with two attached hydrogens (primary N) is 1. The molecule has 11 heteroatoms. The molecule has 9 nitrogen and oxygen atoms in total. The van der Waals surface area contributed by atoms with Gasteiger partial charge in [-0.15, -0.1) is 0 Å². The zero-order chi connectivity index (χ0) is 24.8. The van der Waals surface area contributed by atoms with Crippen LogP contribution < -0.4 is 11.1 Å². The van der Waals surface area contributed by atoms with Crippen LogP contribution in [0.1, 0.15) is 30.0 Å². The van der Waals surface area contributed by atoms with Crippen LogP contribution in [0.25, 0.3) is 17.1 Å². The first kappa shape index (κ1) is 23.9. The van der Waals surface area contributed by atoms with Crippen molar-refractivity contribution in [2.45, 2.75) is 25.7 Å². The van der Waals surface area contributed by atoms with Crippen molar-refractivity contribution in [2.24, 2.45) is 0 Å². The van der Waals surface area contributed by atoms with Crippen LogP contribution in [0, 0.1) is 17.1 Å². The smallest absolute Gasteiger partial charge is 0.227 e. The largest absolute Gasteiger partial charge is 0.382 e. The predicted octanol–water partition coefficient (Wildman–Crippen LogP) is 3.85. The van der Waals surface area contributed by atoms with Gasteiger partial charge >= 0.3 is 0 Å². The fourth-order valence-corrected chi connectivity index (χ4v) is 3.55.